The lowest BCUT2D eigenvalue weighted by molar-refractivity contribution is -0.862. The lowest BCUT2D eigenvalue weighted by Crippen LogP contribution is -3.11. The normalized spacial score (nSPS) is 12.6. The van der Waals surface area contributed by atoms with Crippen molar-refractivity contribution in [2.45, 2.75) is 40.0 Å². The molecule has 0 saturated carbocycles. The number of carbonyl (C=O) groups excluding carboxylic acids is 2. The molecule has 1 unspecified atom stereocenters. The minimum Gasteiger partial charge on any atom is -0.338 e. The van der Waals surface area contributed by atoms with Crippen molar-refractivity contribution in [3.63, 3.8) is 0 Å². The highest BCUT2D eigenvalue weighted by molar-refractivity contribution is 5.91. The van der Waals surface area contributed by atoms with E-state index in [1.165, 1.54) is 5.56 Å². The summed E-state index contributed by atoms with van der Waals surface area (Å²) in [7, 11) is 1.86. The standard InChI is InChI=1S/C19H31N3O2/c1-7-22(8-2)18(24)14-21(6)13-17(23)20-16-11-9-15(10-12-16)19(3,4)5/h9-12H,7-8,13-14H2,1-6H3,(H,20,23)/p+1. The first-order valence-electron chi connectivity index (χ1n) is 8.66. The predicted octanol–water partition coefficient (Wildman–Crippen LogP) is 1.31. The molecule has 0 aliphatic rings. The zero-order chi connectivity index (χ0) is 18.3. The van der Waals surface area contributed by atoms with Gasteiger partial charge in [0.15, 0.2) is 13.1 Å². The summed E-state index contributed by atoms with van der Waals surface area (Å²) in [5.41, 5.74) is 2.11. The van der Waals surface area contributed by atoms with Gasteiger partial charge >= 0.3 is 0 Å². The molecule has 1 aromatic rings. The summed E-state index contributed by atoms with van der Waals surface area (Å²) in [5.74, 6) is 0.00295. The van der Waals surface area contributed by atoms with E-state index in [1.807, 2.05) is 45.2 Å². The average Bonchev–Trinajstić information content (AvgIpc) is 2.47. The van der Waals surface area contributed by atoms with Crippen LogP contribution in [0.4, 0.5) is 5.69 Å². The van der Waals surface area contributed by atoms with Gasteiger partial charge in [0.05, 0.1) is 7.05 Å². The molecule has 0 aliphatic heterocycles. The molecule has 1 aromatic carbocycles. The van der Waals surface area contributed by atoms with Crippen LogP contribution in [0.25, 0.3) is 0 Å². The van der Waals surface area contributed by atoms with Gasteiger partial charge in [-0.2, -0.15) is 0 Å². The smallest absolute Gasteiger partial charge is 0.279 e. The van der Waals surface area contributed by atoms with E-state index in [2.05, 4.69) is 26.1 Å². The molecule has 0 saturated heterocycles. The second-order valence-electron chi connectivity index (χ2n) is 7.25. The van der Waals surface area contributed by atoms with Crippen molar-refractivity contribution >= 4 is 17.5 Å². The molecule has 0 spiro atoms. The Bertz CT molecular complexity index is 543. The van der Waals surface area contributed by atoms with E-state index in [0.29, 0.717) is 19.6 Å². The highest BCUT2D eigenvalue weighted by Gasteiger charge is 2.18. The Morgan fingerprint density at radius 1 is 1.04 bits per heavy atom. The Labute approximate surface area is 146 Å². The minimum absolute atomic E-state index is 0.0802. The van der Waals surface area contributed by atoms with E-state index in [-0.39, 0.29) is 23.8 Å². The molecule has 0 fully saturated rings. The molecule has 0 radical (unpaired) electrons. The number of rotatable bonds is 7. The van der Waals surface area contributed by atoms with E-state index < -0.39 is 0 Å². The lowest BCUT2D eigenvalue weighted by Gasteiger charge is -2.21. The second kappa shape index (κ2) is 8.83. The maximum Gasteiger partial charge on any atom is 0.279 e. The Kier molecular flexibility index (Phi) is 7.42. The minimum atomic E-state index is -0.0802. The first-order chi connectivity index (χ1) is 11.2. The van der Waals surface area contributed by atoms with Gasteiger partial charge in [0.25, 0.3) is 11.8 Å². The van der Waals surface area contributed by atoms with Gasteiger partial charge in [-0.1, -0.05) is 32.9 Å². The molecule has 0 bridgehead atoms. The molecule has 0 aromatic heterocycles. The quantitative estimate of drug-likeness (QED) is 0.790. The van der Waals surface area contributed by atoms with Crippen LogP contribution in [0.5, 0.6) is 0 Å². The Balaban J connectivity index is 2.52. The van der Waals surface area contributed by atoms with Gasteiger partial charge in [-0.3, -0.25) is 9.59 Å². The average molecular weight is 334 g/mol. The Hall–Kier alpha value is -1.88. The fraction of sp³-hybridized carbons (Fsp3) is 0.579. The number of nitrogens with zero attached hydrogens (tertiary/aromatic N) is 1. The van der Waals surface area contributed by atoms with Crippen LogP contribution < -0.4 is 10.2 Å². The van der Waals surface area contributed by atoms with Gasteiger partial charge in [0.1, 0.15) is 0 Å². The molecule has 5 nitrogen and oxygen atoms in total. The van der Waals surface area contributed by atoms with Crippen LogP contribution in [0, 0.1) is 0 Å². The largest absolute Gasteiger partial charge is 0.338 e. The number of hydrogen-bond donors (Lipinski definition) is 2. The molecule has 2 N–H and O–H groups in total. The van der Waals surface area contributed by atoms with E-state index >= 15 is 0 Å². The maximum atomic E-state index is 12.1. The summed E-state index contributed by atoms with van der Waals surface area (Å²) < 4.78 is 0. The van der Waals surface area contributed by atoms with Crippen LogP contribution in [-0.4, -0.2) is 49.9 Å². The second-order valence-corrected chi connectivity index (χ2v) is 7.25. The number of nitrogens with one attached hydrogen (secondary N) is 2. The Morgan fingerprint density at radius 3 is 2.04 bits per heavy atom. The molecule has 2 amide bonds. The van der Waals surface area contributed by atoms with E-state index in [9.17, 15) is 9.59 Å². The number of benzene rings is 1. The van der Waals surface area contributed by atoms with E-state index in [0.717, 1.165) is 10.6 Å². The molecule has 0 aliphatic carbocycles. The van der Waals surface area contributed by atoms with Crippen LogP contribution in [-0.2, 0) is 15.0 Å². The number of hydrogen-bond acceptors (Lipinski definition) is 2. The van der Waals surface area contributed by atoms with Crippen LogP contribution in [0.2, 0.25) is 0 Å². The number of quaternary nitrogens is 1. The van der Waals surface area contributed by atoms with E-state index in [4.69, 9.17) is 0 Å². The molecule has 1 rings (SSSR count). The molecular weight excluding hydrogens is 302 g/mol. The first-order valence-corrected chi connectivity index (χ1v) is 8.66. The fourth-order valence-electron chi connectivity index (χ4n) is 2.54. The predicted molar refractivity (Wildman–Crippen MR) is 98.3 cm³/mol. The van der Waals surface area contributed by atoms with Crippen molar-refractivity contribution in [1.82, 2.24) is 4.90 Å². The van der Waals surface area contributed by atoms with Crippen LogP contribution >= 0.6 is 0 Å². The van der Waals surface area contributed by atoms with Gasteiger partial charge in [-0.15, -0.1) is 0 Å². The number of anilines is 1. The van der Waals surface area contributed by atoms with Gasteiger partial charge in [0, 0.05) is 18.8 Å². The molecule has 134 valence electrons. The summed E-state index contributed by atoms with van der Waals surface area (Å²) >= 11 is 0. The third-order valence-electron chi connectivity index (χ3n) is 4.07. The van der Waals surface area contributed by atoms with Crippen molar-refractivity contribution in [1.29, 1.82) is 0 Å². The topological polar surface area (TPSA) is 53.9 Å². The summed E-state index contributed by atoms with van der Waals surface area (Å²) in [6.45, 7) is 12.4. The van der Waals surface area contributed by atoms with Crippen molar-refractivity contribution in [2.24, 2.45) is 0 Å². The van der Waals surface area contributed by atoms with Crippen LogP contribution in [0.1, 0.15) is 40.2 Å². The number of amides is 2. The number of likely N-dealkylation sites (N-methyl/N-ethyl adjacent to an activating group) is 2. The van der Waals surface area contributed by atoms with Crippen molar-refractivity contribution < 1.29 is 14.5 Å². The van der Waals surface area contributed by atoms with Crippen LogP contribution in [0.15, 0.2) is 24.3 Å². The first kappa shape index (κ1) is 20.2. The summed E-state index contributed by atoms with van der Waals surface area (Å²) in [6.07, 6.45) is 0. The SMILES string of the molecule is CCN(CC)C(=O)C[NH+](C)CC(=O)Nc1ccc(C(C)(C)C)cc1. The van der Waals surface area contributed by atoms with Gasteiger partial charge in [-0.05, 0) is 37.0 Å². The van der Waals surface area contributed by atoms with Gasteiger partial charge in [-0.25, -0.2) is 0 Å². The van der Waals surface area contributed by atoms with Gasteiger partial charge in [0.2, 0.25) is 0 Å². The van der Waals surface area contributed by atoms with Crippen LogP contribution in [0.3, 0.4) is 0 Å². The third-order valence-corrected chi connectivity index (χ3v) is 4.07. The molecule has 1 atom stereocenters. The fourth-order valence-corrected chi connectivity index (χ4v) is 2.54. The summed E-state index contributed by atoms with van der Waals surface area (Å²) in [6, 6.07) is 7.93. The molecule has 24 heavy (non-hydrogen) atoms. The zero-order valence-electron chi connectivity index (χ0n) is 15.9. The zero-order valence-corrected chi connectivity index (χ0v) is 15.9. The highest BCUT2D eigenvalue weighted by Crippen LogP contribution is 2.23. The van der Waals surface area contributed by atoms with E-state index in [1.54, 1.807) is 4.90 Å². The van der Waals surface area contributed by atoms with Gasteiger partial charge < -0.3 is 15.1 Å². The molecule has 5 heteroatoms. The highest BCUT2D eigenvalue weighted by atomic mass is 16.2. The van der Waals surface area contributed by atoms with Crippen molar-refractivity contribution in [3.05, 3.63) is 29.8 Å². The summed E-state index contributed by atoms with van der Waals surface area (Å²) in [4.78, 5) is 26.9. The summed E-state index contributed by atoms with van der Waals surface area (Å²) in [5, 5.41) is 2.90. The molecular formula is C19H32N3O2+. The third kappa shape index (κ3) is 6.32. The monoisotopic (exact) mass is 334 g/mol. The van der Waals surface area contributed by atoms with Crippen molar-refractivity contribution in [3.8, 4) is 0 Å². The van der Waals surface area contributed by atoms with Crippen molar-refractivity contribution in [2.75, 3.05) is 38.5 Å². The lowest BCUT2D eigenvalue weighted by atomic mass is 9.87. The maximum absolute atomic E-state index is 12.1. The molecule has 0 heterocycles. The number of carbonyl (C=O) groups is 2. The Morgan fingerprint density at radius 2 is 1.58 bits per heavy atom.